The summed E-state index contributed by atoms with van der Waals surface area (Å²) < 4.78 is 5.96. The van der Waals surface area contributed by atoms with Crippen molar-refractivity contribution >= 4 is 0 Å². The lowest BCUT2D eigenvalue weighted by Crippen LogP contribution is -2.61. The van der Waals surface area contributed by atoms with Crippen molar-refractivity contribution < 1.29 is 4.74 Å². The largest absolute Gasteiger partial charge is 0.374 e. The molecule has 0 aromatic rings. The minimum atomic E-state index is 0.422. The average molecular weight is 267 g/mol. The Balaban J connectivity index is 1.51. The molecule has 110 valence electrons. The SMILES string of the molecule is CCN1CCOC(CN2CCNC3(CCCC3)C2)C1. The molecule has 3 rings (SSSR count). The van der Waals surface area contributed by atoms with E-state index in [-0.39, 0.29) is 0 Å². The van der Waals surface area contributed by atoms with E-state index < -0.39 is 0 Å². The monoisotopic (exact) mass is 267 g/mol. The maximum Gasteiger partial charge on any atom is 0.0829 e. The Morgan fingerprint density at radius 1 is 1.21 bits per heavy atom. The van der Waals surface area contributed by atoms with Crippen LogP contribution in [0, 0.1) is 0 Å². The highest BCUT2D eigenvalue weighted by molar-refractivity contribution is 4.98. The van der Waals surface area contributed by atoms with Gasteiger partial charge in [-0.05, 0) is 19.4 Å². The van der Waals surface area contributed by atoms with Crippen LogP contribution in [0.5, 0.6) is 0 Å². The Bertz CT molecular complexity index is 291. The van der Waals surface area contributed by atoms with Crippen LogP contribution >= 0.6 is 0 Å². The van der Waals surface area contributed by atoms with Crippen LogP contribution in [-0.2, 0) is 4.74 Å². The van der Waals surface area contributed by atoms with E-state index >= 15 is 0 Å². The van der Waals surface area contributed by atoms with Gasteiger partial charge in [0.25, 0.3) is 0 Å². The summed E-state index contributed by atoms with van der Waals surface area (Å²) in [5.74, 6) is 0. The van der Waals surface area contributed by atoms with Gasteiger partial charge in [0.05, 0.1) is 12.7 Å². The number of nitrogens with one attached hydrogen (secondary N) is 1. The van der Waals surface area contributed by atoms with Gasteiger partial charge in [0.1, 0.15) is 0 Å². The predicted octanol–water partition coefficient (Wildman–Crippen LogP) is 0.925. The molecule has 2 heterocycles. The highest BCUT2D eigenvalue weighted by atomic mass is 16.5. The summed E-state index contributed by atoms with van der Waals surface area (Å²) in [6, 6.07) is 0. The molecule has 1 saturated carbocycles. The molecular weight excluding hydrogens is 238 g/mol. The van der Waals surface area contributed by atoms with Gasteiger partial charge in [0.2, 0.25) is 0 Å². The van der Waals surface area contributed by atoms with Gasteiger partial charge in [-0.15, -0.1) is 0 Å². The van der Waals surface area contributed by atoms with E-state index in [9.17, 15) is 0 Å². The molecule has 3 aliphatic rings. The predicted molar refractivity (Wildman–Crippen MR) is 77.5 cm³/mol. The second-order valence-corrected chi connectivity index (χ2v) is 6.54. The second-order valence-electron chi connectivity index (χ2n) is 6.54. The van der Waals surface area contributed by atoms with Crippen molar-refractivity contribution in [1.29, 1.82) is 0 Å². The first kappa shape index (κ1) is 13.8. The Hall–Kier alpha value is -0.160. The van der Waals surface area contributed by atoms with Crippen molar-refractivity contribution in [3.8, 4) is 0 Å². The van der Waals surface area contributed by atoms with Crippen molar-refractivity contribution in [2.75, 3.05) is 52.4 Å². The number of piperazine rings is 1. The molecule has 0 aromatic carbocycles. The fourth-order valence-corrected chi connectivity index (χ4v) is 4.05. The smallest absolute Gasteiger partial charge is 0.0829 e. The number of nitrogens with zero attached hydrogens (tertiary/aromatic N) is 2. The van der Waals surface area contributed by atoms with E-state index in [0.717, 1.165) is 39.3 Å². The van der Waals surface area contributed by atoms with Crippen LogP contribution in [0.4, 0.5) is 0 Å². The van der Waals surface area contributed by atoms with Crippen molar-refractivity contribution in [3.05, 3.63) is 0 Å². The molecule has 1 aliphatic carbocycles. The number of ether oxygens (including phenoxy) is 1. The maximum atomic E-state index is 5.96. The van der Waals surface area contributed by atoms with E-state index in [1.165, 1.54) is 38.8 Å². The van der Waals surface area contributed by atoms with Gasteiger partial charge in [0, 0.05) is 44.8 Å². The van der Waals surface area contributed by atoms with Gasteiger partial charge in [0.15, 0.2) is 0 Å². The fraction of sp³-hybridized carbons (Fsp3) is 1.00. The molecule has 0 bridgehead atoms. The molecule has 1 unspecified atom stereocenters. The van der Waals surface area contributed by atoms with Crippen LogP contribution in [-0.4, -0.2) is 73.9 Å². The van der Waals surface area contributed by atoms with Gasteiger partial charge < -0.3 is 10.1 Å². The second kappa shape index (κ2) is 6.08. The topological polar surface area (TPSA) is 27.7 Å². The van der Waals surface area contributed by atoms with E-state index in [2.05, 4.69) is 22.0 Å². The molecule has 3 fully saturated rings. The molecule has 0 aromatic heterocycles. The molecule has 19 heavy (non-hydrogen) atoms. The summed E-state index contributed by atoms with van der Waals surface area (Å²) >= 11 is 0. The van der Waals surface area contributed by atoms with Crippen molar-refractivity contribution in [3.63, 3.8) is 0 Å². The highest BCUT2D eigenvalue weighted by Crippen LogP contribution is 2.32. The Labute approximate surface area is 117 Å². The van der Waals surface area contributed by atoms with Crippen molar-refractivity contribution in [2.45, 2.75) is 44.2 Å². The molecule has 2 aliphatic heterocycles. The first-order chi connectivity index (χ1) is 9.30. The first-order valence-corrected chi connectivity index (χ1v) is 8.11. The molecule has 4 nitrogen and oxygen atoms in total. The zero-order valence-electron chi connectivity index (χ0n) is 12.4. The van der Waals surface area contributed by atoms with Crippen molar-refractivity contribution in [2.24, 2.45) is 0 Å². The first-order valence-electron chi connectivity index (χ1n) is 8.11. The summed E-state index contributed by atoms with van der Waals surface area (Å²) in [5.41, 5.74) is 0.442. The van der Waals surface area contributed by atoms with Crippen LogP contribution in [0.2, 0.25) is 0 Å². The lowest BCUT2D eigenvalue weighted by atomic mass is 9.94. The molecule has 4 heteroatoms. The molecule has 1 atom stereocenters. The van der Waals surface area contributed by atoms with E-state index in [1.807, 2.05) is 0 Å². The van der Waals surface area contributed by atoms with Gasteiger partial charge in [-0.1, -0.05) is 19.8 Å². The number of hydrogen-bond donors (Lipinski definition) is 1. The third kappa shape index (κ3) is 3.30. The lowest BCUT2D eigenvalue weighted by Gasteiger charge is -2.43. The van der Waals surface area contributed by atoms with Crippen molar-refractivity contribution in [1.82, 2.24) is 15.1 Å². The minimum Gasteiger partial charge on any atom is -0.374 e. The molecule has 1 N–H and O–H groups in total. The average Bonchev–Trinajstić information content (AvgIpc) is 2.87. The van der Waals surface area contributed by atoms with E-state index in [0.29, 0.717) is 11.6 Å². The summed E-state index contributed by atoms with van der Waals surface area (Å²) in [7, 11) is 0. The number of likely N-dealkylation sites (N-methyl/N-ethyl adjacent to an activating group) is 1. The zero-order valence-corrected chi connectivity index (χ0v) is 12.4. The summed E-state index contributed by atoms with van der Waals surface area (Å²) in [6.45, 7) is 11.3. The Kier molecular flexibility index (Phi) is 4.42. The van der Waals surface area contributed by atoms with E-state index in [1.54, 1.807) is 0 Å². The normalized spacial score (nSPS) is 33.0. The van der Waals surface area contributed by atoms with Gasteiger partial charge in [-0.3, -0.25) is 9.80 Å². The molecule has 0 radical (unpaired) electrons. The summed E-state index contributed by atoms with van der Waals surface area (Å²) in [5, 5.41) is 3.79. The van der Waals surface area contributed by atoms with Gasteiger partial charge >= 0.3 is 0 Å². The minimum absolute atomic E-state index is 0.422. The molecular formula is C15H29N3O. The Morgan fingerprint density at radius 2 is 2.05 bits per heavy atom. The standard InChI is InChI=1S/C15H29N3O/c1-2-17-9-10-19-14(11-17)12-18-8-7-16-15(13-18)5-3-4-6-15/h14,16H,2-13H2,1H3. The Morgan fingerprint density at radius 3 is 2.84 bits per heavy atom. The van der Waals surface area contributed by atoms with Crippen LogP contribution in [0.15, 0.2) is 0 Å². The van der Waals surface area contributed by atoms with Crippen LogP contribution < -0.4 is 5.32 Å². The number of morpholine rings is 1. The maximum absolute atomic E-state index is 5.96. The third-order valence-electron chi connectivity index (χ3n) is 5.15. The zero-order chi connectivity index (χ0) is 13.1. The van der Waals surface area contributed by atoms with Gasteiger partial charge in [-0.25, -0.2) is 0 Å². The summed E-state index contributed by atoms with van der Waals surface area (Å²) in [4.78, 5) is 5.16. The quantitative estimate of drug-likeness (QED) is 0.823. The molecule has 1 spiro atoms. The fourth-order valence-electron chi connectivity index (χ4n) is 4.05. The lowest BCUT2D eigenvalue weighted by molar-refractivity contribution is -0.0478. The van der Waals surface area contributed by atoms with Crippen LogP contribution in [0.3, 0.4) is 0 Å². The van der Waals surface area contributed by atoms with Gasteiger partial charge in [-0.2, -0.15) is 0 Å². The van der Waals surface area contributed by atoms with E-state index in [4.69, 9.17) is 4.74 Å². The molecule has 0 amide bonds. The number of rotatable bonds is 3. The summed E-state index contributed by atoms with van der Waals surface area (Å²) in [6.07, 6.45) is 5.98. The van der Waals surface area contributed by atoms with Crippen LogP contribution in [0.25, 0.3) is 0 Å². The van der Waals surface area contributed by atoms with Crippen LogP contribution in [0.1, 0.15) is 32.6 Å². The molecule has 2 saturated heterocycles. The third-order valence-corrected chi connectivity index (χ3v) is 5.15. The number of hydrogen-bond acceptors (Lipinski definition) is 4. The highest BCUT2D eigenvalue weighted by Gasteiger charge is 2.38.